The van der Waals surface area contributed by atoms with Crippen LogP contribution in [0.2, 0.25) is 0 Å². The Kier molecular flexibility index (Phi) is 3.15. The first-order valence-electron chi connectivity index (χ1n) is 4.36. The van der Waals surface area contributed by atoms with Gasteiger partial charge in [-0.1, -0.05) is 48.8 Å². The number of rotatable bonds is 2. The molecule has 0 spiro atoms. The molecule has 60 valence electrons. The molecular formula is C11H16. The third kappa shape index (κ3) is 2.75. The number of hydrogen-bond donors (Lipinski definition) is 0. The highest BCUT2D eigenvalue weighted by atomic mass is 14.0. The second-order valence-electron chi connectivity index (χ2n) is 3.11. The summed E-state index contributed by atoms with van der Waals surface area (Å²) < 4.78 is 0. The Labute approximate surface area is 69.3 Å². The fourth-order valence-corrected chi connectivity index (χ4v) is 1.24. The van der Waals surface area contributed by atoms with Crippen LogP contribution in [0.5, 0.6) is 0 Å². The second kappa shape index (κ2) is 4.17. The van der Waals surface area contributed by atoms with Gasteiger partial charge in [-0.05, 0) is 19.8 Å². The topological polar surface area (TPSA) is 0 Å². The van der Waals surface area contributed by atoms with E-state index in [2.05, 4.69) is 38.2 Å². The Morgan fingerprint density at radius 3 is 3.00 bits per heavy atom. The van der Waals surface area contributed by atoms with E-state index in [1.54, 1.807) is 0 Å². The zero-order valence-corrected chi connectivity index (χ0v) is 7.43. The molecule has 11 heavy (non-hydrogen) atoms. The van der Waals surface area contributed by atoms with Gasteiger partial charge in [0.25, 0.3) is 0 Å². The fraction of sp³-hybridized carbons (Fsp3) is 0.455. The van der Waals surface area contributed by atoms with Crippen LogP contribution in [0.25, 0.3) is 0 Å². The highest BCUT2D eigenvalue weighted by Gasteiger charge is 1.94. The van der Waals surface area contributed by atoms with E-state index in [9.17, 15) is 0 Å². The number of allylic oxidation sites excluding steroid dienone is 6. The zero-order valence-electron chi connectivity index (χ0n) is 7.43. The van der Waals surface area contributed by atoms with Crippen molar-refractivity contribution >= 4 is 0 Å². The first-order chi connectivity index (χ1) is 5.33. The minimum Gasteiger partial charge on any atom is -0.0773 e. The largest absolute Gasteiger partial charge is 0.0773 e. The van der Waals surface area contributed by atoms with Crippen LogP contribution in [0.15, 0.2) is 35.5 Å². The van der Waals surface area contributed by atoms with Crippen molar-refractivity contribution in [2.75, 3.05) is 0 Å². The van der Waals surface area contributed by atoms with E-state index in [-0.39, 0.29) is 0 Å². The van der Waals surface area contributed by atoms with Gasteiger partial charge in [-0.2, -0.15) is 0 Å². The zero-order chi connectivity index (χ0) is 8.10. The molecule has 0 aliphatic heterocycles. The molecule has 0 heterocycles. The molecule has 1 rings (SSSR count). The van der Waals surface area contributed by atoms with Crippen LogP contribution in [0.1, 0.15) is 33.1 Å². The average Bonchev–Trinajstić information content (AvgIpc) is 2.17. The molecule has 0 nitrogen and oxygen atoms in total. The molecule has 0 aromatic carbocycles. The predicted molar refractivity (Wildman–Crippen MR) is 50.5 cm³/mol. The Morgan fingerprint density at radius 2 is 2.27 bits per heavy atom. The fourth-order valence-electron chi connectivity index (χ4n) is 1.24. The molecule has 0 N–H and O–H groups in total. The van der Waals surface area contributed by atoms with Crippen molar-refractivity contribution in [3.8, 4) is 0 Å². The van der Waals surface area contributed by atoms with Crippen molar-refractivity contribution < 1.29 is 0 Å². The van der Waals surface area contributed by atoms with Crippen molar-refractivity contribution in [2.24, 2.45) is 0 Å². The van der Waals surface area contributed by atoms with E-state index in [1.165, 1.54) is 24.0 Å². The predicted octanol–water partition coefficient (Wildman–Crippen LogP) is 3.62. The lowest BCUT2D eigenvalue weighted by atomic mass is 10.1. The van der Waals surface area contributed by atoms with Crippen LogP contribution in [0.3, 0.4) is 0 Å². The Hall–Kier alpha value is -0.780. The minimum absolute atomic E-state index is 1.13. The summed E-state index contributed by atoms with van der Waals surface area (Å²) in [6.45, 7) is 4.40. The molecular weight excluding hydrogens is 132 g/mol. The standard InChI is InChI=1S/C11H16/c1-3-5-11-7-4-6-10(2)8-9-11/h4,6-7,9H,3,5,8H2,1-2H3. The molecule has 0 amide bonds. The molecule has 0 fully saturated rings. The van der Waals surface area contributed by atoms with E-state index in [4.69, 9.17) is 0 Å². The summed E-state index contributed by atoms with van der Waals surface area (Å²) in [5.74, 6) is 0. The van der Waals surface area contributed by atoms with Crippen molar-refractivity contribution in [1.29, 1.82) is 0 Å². The van der Waals surface area contributed by atoms with Crippen LogP contribution >= 0.6 is 0 Å². The summed E-state index contributed by atoms with van der Waals surface area (Å²) in [6, 6.07) is 0. The van der Waals surface area contributed by atoms with Crippen molar-refractivity contribution in [3.63, 3.8) is 0 Å². The SMILES string of the molecule is CCCC1=CCC(C)=CC=C1. The van der Waals surface area contributed by atoms with E-state index in [0.29, 0.717) is 0 Å². The van der Waals surface area contributed by atoms with Gasteiger partial charge in [0.05, 0.1) is 0 Å². The van der Waals surface area contributed by atoms with Crippen LogP contribution in [-0.2, 0) is 0 Å². The lowest BCUT2D eigenvalue weighted by Crippen LogP contribution is -1.76. The molecule has 0 saturated carbocycles. The summed E-state index contributed by atoms with van der Waals surface area (Å²) >= 11 is 0. The maximum Gasteiger partial charge on any atom is -0.0133 e. The minimum atomic E-state index is 1.13. The smallest absolute Gasteiger partial charge is 0.0133 e. The summed E-state index contributed by atoms with van der Waals surface area (Å²) in [7, 11) is 0. The Morgan fingerprint density at radius 1 is 1.45 bits per heavy atom. The van der Waals surface area contributed by atoms with E-state index in [0.717, 1.165) is 6.42 Å². The van der Waals surface area contributed by atoms with Gasteiger partial charge in [0.15, 0.2) is 0 Å². The van der Waals surface area contributed by atoms with Crippen molar-refractivity contribution in [1.82, 2.24) is 0 Å². The molecule has 0 saturated heterocycles. The summed E-state index contributed by atoms with van der Waals surface area (Å²) in [4.78, 5) is 0. The maximum atomic E-state index is 2.33. The molecule has 0 atom stereocenters. The molecule has 0 bridgehead atoms. The molecule has 0 unspecified atom stereocenters. The van der Waals surface area contributed by atoms with Crippen LogP contribution in [-0.4, -0.2) is 0 Å². The van der Waals surface area contributed by atoms with Gasteiger partial charge in [-0.3, -0.25) is 0 Å². The third-order valence-corrected chi connectivity index (χ3v) is 1.92. The van der Waals surface area contributed by atoms with Crippen molar-refractivity contribution in [2.45, 2.75) is 33.1 Å². The van der Waals surface area contributed by atoms with Gasteiger partial charge in [0.1, 0.15) is 0 Å². The van der Waals surface area contributed by atoms with Gasteiger partial charge in [0.2, 0.25) is 0 Å². The van der Waals surface area contributed by atoms with E-state index < -0.39 is 0 Å². The monoisotopic (exact) mass is 148 g/mol. The normalized spacial score (nSPS) is 17.3. The van der Waals surface area contributed by atoms with Gasteiger partial charge in [-0.15, -0.1) is 0 Å². The van der Waals surface area contributed by atoms with Gasteiger partial charge >= 0.3 is 0 Å². The molecule has 0 radical (unpaired) electrons. The van der Waals surface area contributed by atoms with Gasteiger partial charge < -0.3 is 0 Å². The average molecular weight is 148 g/mol. The van der Waals surface area contributed by atoms with Crippen LogP contribution < -0.4 is 0 Å². The first kappa shape index (κ1) is 8.32. The Bertz CT molecular complexity index is 204. The highest BCUT2D eigenvalue weighted by molar-refractivity contribution is 5.29. The molecule has 0 aromatic rings. The molecule has 0 heteroatoms. The van der Waals surface area contributed by atoms with Crippen LogP contribution in [0, 0.1) is 0 Å². The maximum absolute atomic E-state index is 2.33. The van der Waals surface area contributed by atoms with E-state index >= 15 is 0 Å². The van der Waals surface area contributed by atoms with E-state index in [1.807, 2.05) is 0 Å². The quantitative estimate of drug-likeness (QED) is 0.561. The molecule has 1 aliphatic rings. The summed E-state index contributed by atoms with van der Waals surface area (Å²) in [6.07, 6.45) is 12.5. The summed E-state index contributed by atoms with van der Waals surface area (Å²) in [5, 5.41) is 0. The Balaban J connectivity index is 2.58. The number of hydrogen-bond acceptors (Lipinski definition) is 0. The lowest BCUT2D eigenvalue weighted by Gasteiger charge is -1.96. The van der Waals surface area contributed by atoms with Gasteiger partial charge in [0, 0.05) is 0 Å². The molecule has 1 aliphatic carbocycles. The van der Waals surface area contributed by atoms with Gasteiger partial charge in [-0.25, -0.2) is 0 Å². The third-order valence-electron chi connectivity index (χ3n) is 1.92. The lowest BCUT2D eigenvalue weighted by molar-refractivity contribution is 0.920. The highest BCUT2D eigenvalue weighted by Crippen LogP contribution is 2.14. The molecule has 0 aromatic heterocycles. The summed E-state index contributed by atoms with van der Waals surface area (Å²) in [5.41, 5.74) is 2.94. The first-order valence-corrected chi connectivity index (χ1v) is 4.36. The second-order valence-corrected chi connectivity index (χ2v) is 3.11. The van der Waals surface area contributed by atoms with Crippen molar-refractivity contribution in [3.05, 3.63) is 35.5 Å². The van der Waals surface area contributed by atoms with Crippen LogP contribution in [0.4, 0.5) is 0 Å².